The third kappa shape index (κ3) is 4.34. The Kier molecular flexibility index (Phi) is 5.33. The molecule has 0 atom stereocenters. The molecule has 122 valence electrons. The van der Waals surface area contributed by atoms with Crippen LogP contribution in [0.5, 0.6) is 0 Å². The molecule has 1 N–H and O–H groups in total. The van der Waals surface area contributed by atoms with Crippen LogP contribution in [0.1, 0.15) is 43.6 Å². The van der Waals surface area contributed by atoms with Gasteiger partial charge in [-0.3, -0.25) is 4.79 Å². The lowest BCUT2D eigenvalue weighted by atomic mass is 9.84. The highest BCUT2D eigenvalue weighted by Gasteiger charge is 2.15. The zero-order valence-corrected chi connectivity index (χ0v) is 14.2. The number of thioether (sulfide) groups is 1. The standard InChI is InChI=1S/C17H22N4OS/c1-21-12-18-20-17(21)23-11-16(22)19-15-9-7-14(8-10-15)13-5-3-2-4-6-13/h7-10,12-13H,2-6,11H2,1H3,(H,19,22). The van der Waals surface area contributed by atoms with Crippen molar-refractivity contribution in [1.82, 2.24) is 14.8 Å². The van der Waals surface area contributed by atoms with E-state index < -0.39 is 0 Å². The number of aromatic nitrogens is 3. The number of hydrogen-bond acceptors (Lipinski definition) is 4. The van der Waals surface area contributed by atoms with E-state index in [0.717, 1.165) is 10.8 Å². The Morgan fingerprint density at radius 3 is 2.65 bits per heavy atom. The highest BCUT2D eigenvalue weighted by Crippen LogP contribution is 2.32. The first-order chi connectivity index (χ1) is 11.2. The van der Waals surface area contributed by atoms with Gasteiger partial charge in [0.25, 0.3) is 0 Å². The molecule has 6 heteroatoms. The molecule has 1 aliphatic rings. The van der Waals surface area contributed by atoms with E-state index in [1.54, 1.807) is 10.9 Å². The molecular weight excluding hydrogens is 308 g/mol. The summed E-state index contributed by atoms with van der Waals surface area (Å²) in [7, 11) is 1.87. The van der Waals surface area contributed by atoms with Gasteiger partial charge in [-0.1, -0.05) is 43.2 Å². The first-order valence-electron chi connectivity index (χ1n) is 8.09. The fourth-order valence-electron chi connectivity index (χ4n) is 3.00. The lowest BCUT2D eigenvalue weighted by Crippen LogP contribution is -2.14. The zero-order chi connectivity index (χ0) is 16.1. The third-order valence-corrected chi connectivity index (χ3v) is 5.31. The van der Waals surface area contributed by atoms with E-state index >= 15 is 0 Å². The molecule has 1 amide bonds. The largest absolute Gasteiger partial charge is 0.325 e. The maximum atomic E-state index is 12.0. The molecule has 1 fully saturated rings. The van der Waals surface area contributed by atoms with Gasteiger partial charge in [0.2, 0.25) is 5.91 Å². The summed E-state index contributed by atoms with van der Waals surface area (Å²) in [4.78, 5) is 12.0. The SMILES string of the molecule is Cn1cnnc1SCC(=O)Nc1ccc(C2CCCCC2)cc1. The summed E-state index contributed by atoms with van der Waals surface area (Å²) in [6.45, 7) is 0. The number of carbonyl (C=O) groups is 1. The van der Waals surface area contributed by atoms with E-state index in [9.17, 15) is 4.79 Å². The second-order valence-electron chi connectivity index (χ2n) is 6.02. The number of nitrogens with zero attached hydrogens (tertiary/aromatic N) is 3. The summed E-state index contributed by atoms with van der Waals surface area (Å²) in [6, 6.07) is 8.33. The second kappa shape index (κ2) is 7.64. The summed E-state index contributed by atoms with van der Waals surface area (Å²) in [5, 5.41) is 11.4. The van der Waals surface area contributed by atoms with Gasteiger partial charge in [-0.15, -0.1) is 10.2 Å². The van der Waals surface area contributed by atoms with Crippen molar-refractivity contribution in [3.8, 4) is 0 Å². The maximum absolute atomic E-state index is 12.0. The van der Waals surface area contributed by atoms with Crippen LogP contribution in [0.4, 0.5) is 5.69 Å². The summed E-state index contributed by atoms with van der Waals surface area (Å²) < 4.78 is 1.80. The molecule has 0 spiro atoms. The van der Waals surface area contributed by atoms with Crippen LogP contribution in [0.15, 0.2) is 35.7 Å². The Balaban J connectivity index is 1.51. The van der Waals surface area contributed by atoms with Crippen molar-refractivity contribution in [3.05, 3.63) is 36.2 Å². The van der Waals surface area contributed by atoms with E-state index in [-0.39, 0.29) is 5.91 Å². The van der Waals surface area contributed by atoms with Gasteiger partial charge >= 0.3 is 0 Å². The van der Waals surface area contributed by atoms with Crippen LogP contribution in [0.25, 0.3) is 0 Å². The molecule has 0 aliphatic heterocycles. The second-order valence-corrected chi connectivity index (χ2v) is 6.96. The lowest BCUT2D eigenvalue weighted by molar-refractivity contribution is -0.113. The molecule has 5 nitrogen and oxygen atoms in total. The third-order valence-electron chi connectivity index (χ3n) is 4.27. The van der Waals surface area contributed by atoms with Crippen molar-refractivity contribution in [2.45, 2.75) is 43.2 Å². The van der Waals surface area contributed by atoms with Gasteiger partial charge in [0, 0.05) is 12.7 Å². The molecule has 3 rings (SSSR count). The topological polar surface area (TPSA) is 59.8 Å². The van der Waals surface area contributed by atoms with Gasteiger partial charge in [0.15, 0.2) is 5.16 Å². The number of anilines is 1. The monoisotopic (exact) mass is 330 g/mol. The molecule has 0 radical (unpaired) electrons. The summed E-state index contributed by atoms with van der Waals surface area (Å²) >= 11 is 1.38. The fourth-order valence-corrected chi connectivity index (χ4v) is 3.69. The van der Waals surface area contributed by atoms with Crippen LogP contribution >= 0.6 is 11.8 Å². The average molecular weight is 330 g/mol. The number of aryl methyl sites for hydroxylation is 1. The first kappa shape index (κ1) is 16.1. The molecule has 2 aromatic rings. The lowest BCUT2D eigenvalue weighted by Gasteiger charge is -2.22. The predicted molar refractivity (Wildman–Crippen MR) is 92.6 cm³/mol. The number of carbonyl (C=O) groups excluding carboxylic acids is 1. The fraction of sp³-hybridized carbons (Fsp3) is 0.471. The van der Waals surface area contributed by atoms with Crippen LogP contribution in [0, 0.1) is 0 Å². The minimum Gasteiger partial charge on any atom is -0.325 e. The molecule has 1 aromatic heterocycles. The summed E-state index contributed by atoms with van der Waals surface area (Å²) in [6.07, 6.45) is 8.25. The number of rotatable bonds is 5. The van der Waals surface area contributed by atoms with Gasteiger partial charge in [-0.25, -0.2) is 0 Å². The minimum absolute atomic E-state index is 0.0246. The first-order valence-corrected chi connectivity index (χ1v) is 9.07. The van der Waals surface area contributed by atoms with Crippen molar-refractivity contribution < 1.29 is 4.79 Å². The predicted octanol–water partition coefficient (Wildman–Crippen LogP) is 3.59. The van der Waals surface area contributed by atoms with Crippen LogP contribution in [-0.2, 0) is 11.8 Å². The Morgan fingerprint density at radius 1 is 1.26 bits per heavy atom. The van der Waals surface area contributed by atoms with Crippen molar-refractivity contribution in [2.24, 2.45) is 7.05 Å². The van der Waals surface area contributed by atoms with Crippen LogP contribution in [-0.4, -0.2) is 26.4 Å². The molecule has 1 aromatic carbocycles. The molecule has 1 saturated carbocycles. The minimum atomic E-state index is -0.0246. The van der Waals surface area contributed by atoms with Crippen molar-refractivity contribution >= 4 is 23.4 Å². The quantitative estimate of drug-likeness (QED) is 0.851. The number of hydrogen-bond donors (Lipinski definition) is 1. The number of benzene rings is 1. The summed E-state index contributed by atoms with van der Waals surface area (Å²) in [5.41, 5.74) is 2.25. The summed E-state index contributed by atoms with van der Waals surface area (Å²) in [5.74, 6) is 1.00. The molecule has 1 heterocycles. The van der Waals surface area contributed by atoms with Gasteiger partial charge < -0.3 is 9.88 Å². The highest BCUT2D eigenvalue weighted by atomic mass is 32.2. The normalized spacial score (nSPS) is 15.5. The molecule has 1 aliphatic carbocycles. The van der Waals surface area contributed by atoms with Gasteiger partial charge in [0.05, 0.1) is 5.75 Å². The Bertz CT molecular complexity index is 647. The van der Waals surface area contributed by atoms with Crippen LogP contribution in [0.3, 0.4) is 0 Å². The van der Waals surface area contributed by atoms with E-state index in [1.165, 1.54) is 49.4 Å². The Morgan fingerprint density at radius 2 is 2.00 bits per heavy atom. The molecule has 0 unspecified atom stereocenters. The smallest absolute Gasteiger partial charge is 0.234 e. The molecule has 0 bridgehead atoms. The molecular formula is C17H22N4OS. The van der Waals surface area contributed by atoms with Gasteiger partial charge in [-0.05, 0) is 36.5 Å². The maximum Gasteiger partial charge on any atom is 0.234 e. The van der Waals surface area contributed by atoms with Crippen molar-refractivity contribution in [2.75, 3.05) is 11.1 Å². The molecule has 0 saturated heterocycles. The van der Waals surface area contributed by atoms with Gasteiger partial charge in [-0.2, -0.15) is 0 Å². The van der Waals surface area contributed by atoms with E-state index in [0.29, 0.717) is 11.7 Å². The number of amides is 1. The van der Waals surface area contributed by atoms with E-state index in [1.807, 2.05) is 19.2 Å². The Labute approximate surface area is 140 Å². The van der Waals surface area contributed by atoms with Gasteiger partial charge in [0.1, 0.15) is 6.33 Å². The van der Waals surface area contributed by atoms with Crippen molar-refractivity contribution in [1.29, 1.82) is 0 Å². The van der Waals surface area contributed by atoms with Crippen molar-refractivity contribution in [3.63, 3.8) is 0 Å². The zero-order valence-electron chi connectivity index (χ0n) is 13.4. The van der Waals surface area contributed by atoms with Crippen LogP contribution in [0.2, 0.25) is 0 Å². The Hall–Kier alpha value is -1.82. The highest BCUT2D eigenvalue weighted by molar-refractivity contribution is 7.99. The van der Waals surface area contributed by atoms with E-state index in [2.05, 4.69) is 27.6 Å². The average Bonchev–Trinajstić information content (AvgIpc) is 3.00. The molecule has 23 heavy (non-hydrogen) atoms. The van der Waals surface area contributed by atoms with E-state index in [4.69, 9.17) is 0 Å². The van der Waals surface area contributed by atoms with Crippen LogP contribution < -0.4 is 5.32 Å². The number of nitrogens with one attached hydrogen (secondary N) is 1.